The highest BCUT2D eigenvalue weighted by molar-refractivity contribution is 5.75. The zero-order chi connectivity index (χ0) is 10.9. The van der Waals surface area contributed by atoms with Gasteiger partial charge in [-0.2, -0.15) is 0 Å². The van der Waals surface area contributed by atoms with Crippen LogP contribution in [0.3, 0.4) is 0 Å². The van der Waals surface area contributed by atoms with Crippen molar-refractivity contribution in [2.45, 2.75) is 38.6 Å². The van der Waals surface area contributed by atoms with Crippen molar-refractivity contribution in [3.8, 4) is 0 Å². The van der Waals surface area contributed by atoms with E-state index in [-0.39, 0.29) is 12.0 Å². The molecule has 0 saturated carbocycles. The molecule has 0 aliphatic carbocycles. The Morgan fingerprint density at radius 1 is 1.33 bits per heavy atom. The molecule has 0 radical (unpaired) electrons. The van der Waals surface area contributed by atoms with Crippen LogP contribution in [0.15, 0.2) is 0 Å². The number of hydrogen-bond donors (Lipinski definition) is 1. The molecule has 0 aromatic heterocycles. The lowest BCUT2D eigenvalue weighted by atomic mass is 10.1. The van der Waals surface area contributed by atoms with Gasteiger partial charge in [0.15, 0.2) is 0 Å². The van der Waals surface area contributed by atoms with Crippen molar-refractivity contribution in [1.82, 2.24) is 5.32 Å². The first-order chi connectivity index (χ1) is 7.34. The molecular weight excluding hydrogens is 194 g/mol. The minimum atomic E-state index is -0.130. The highest BCUT2D eigenvalue weighted by Crippen LogP contribution is 2.07. The summed E-state index contributed by atoms with van der Waals surface area (Å²) in [5, 5.41) is 3.16. The topological polar surface area (TPSA) is 47.6 Å². The highest BCUT2D eigenvalue weighted by atomic mass is 16.6. The third-order valence-electron chi connectivity index (χ3n) is 2.42. The van der Waals surface area contributed by atoms with Crippen LogP contribution in [0.25, 0.3) is 0 Å². The van der Waals surface area contributed by atoms with Gasteiger partial charge in [-0.25, -0.2) is 0 Å². The molecular formula is C11H21NO3. The smallest absolute Gasteiger partial charge is 0.323 e. The van der Waals surface area contributed by atoms with Crippen molar-refractivity contribution >= 4 is 5.97 Å². The van der Waals surface area contributed by atoms with Crippen molar-refractivity contribution < 1.29 is 14.3 Å². The Balaban J connectivity index is 2.02. The summed E-state index contributed by atoms with van der Waals surface area (Å²) in [6, 6.07) is -0.0927. The predicted octanol–water partition coefficient (Wildman–Crippen LogP) is 1.10. The van der Waals surface area contributed by atoms with Crippen LogP contribution >= 0.6 is 0 Å². The Morgan fingerprint density at radius 2 is 2.20 bits per heavy atom. The van der Waals surface area contributed by atoms with E-state index in [4.69, 9.17) is 9.47 Å². The van der Waals surface area contributed by atoms with E-state index in [1.165, 1.54) is 0 Å². The van der Waals surface area contributed by atoms with Crippen molar-refractivity contribution in [1.29, 1.82) is 0 Å². The van der Waals surface area contributed by atoms with Gasteiger partial charge in [-0.3, -0.25) is 4.79 Å². The summed E-state index contributed by atoms with van der Waals surface area (Å²) in [5.74, 6) is -0.130. The van der Waals surface area contributed by atoms with E-state index >= 15 is 0 Å². The fourth-order valence-corrected chi connectivity index (χ4v) is 1.60. The second-order valence-electron chi connectivity index (χ2n) is 3.78. The molecule has 1 aliphatic rings. The molecule has 0 bridgehead atoms. The number of nitrogens with one attached hydrogen (secondary N) is 1. The largest absolute Gasteiger partial charge is 0.462 e. The molecule has 88 valence electrons. The molecule has 1 heterocycles. The van der Waals surface area contributed by atoms with Gasteiger partial charge >= 0.3 is 5.97 Å². The summed E-state index contributed by atoms with van der Waals surface area (Å²) in [6.07, 6.45) is 4.16. The number of rotatable bonds is 6. The minimum Gasteiger partial charge on any atom is -0.462 e. The van der Waals surface area contributed by atoms with Gasteiger partial charge in [0.25, 0.3) is 0 Å². The Hall–Kier alpha value is -0.610. The van der Waals surface area contributed by atoms with Crippen LogP contribution < -0.4 is 5.32 Å². The first kappa shape index (κ1) is 12.5. The van der Waals surface area contributed by atoms with E-state index in [1.54, 1.807) is 0 Å². The Labute approximate surface area is 91.3 Å². The average molecular weight is 215 g/mol. The van der Waals surface area contributed by atoms with Crippen LogP contribution in [-0.4, -0.2) is 38.4 Å². The number of hydrogen-bond acceptors (Lipinski definition) is 4. The van der Waals surface area contributed by atoms with Crippen LogP contribution in [0, 0.1) is 0 Å². The SMILES string of the molecule is CCCOCCOC(=O)C1CCCCN1. The van der Waals surface area contributed by atoms with Crippen LogP contribution in [0.5, 0.6) is 0 Å². The van der Waals surface area contributed by atoms with Gasteiger partial charge in [0.1, 0.15) is 12.6 Å². The predicted molar refractivity (Wildman–Crippen MR) is 57.7 cm³/mol. The molecule has 0 aromatic rings. The van der Waals surface area contributed by atoms with Gasteiger partial charge in [0.2, 0.25) is 0 Å². The molecule has 0 spiro atoms. The van der Waals surface area contributed by atoms with E-state index in [2.05, 4.69) is 12.2 Å². The summed E-state index contributed by atoms with van der Waals surface area (Å²) < 4.78 is 10.3. The minimum absolute atomic E-state index is 0.0927. The molecule has 4 nitrogen and oxygen atoms in total. The van der Waals surface area contributed by atoms with Gasteiger partial charge in [-0.1, -0.05) is 13.3 Å². The maximum Gasteiger partial charge on any atom is 0.323 e. The normalized spacial score (nSPS) is 21.3. The Kier molecular flexibility index (Phi) is 6.36. The number of carbonyl (C=O) groups excluding carboxylic acids is 1. The van der Waals surface area contributed by atoms with Gasteiger partial charge in [-0.05, 0) is 25.8 Å². The van der Waals surface area contributed by atoms with Crippen LogP contribution in [0.4, 0.5) is 0 Å². The molecule has 1 atom stereocenters. The molecule has 0 amide bonds. The standard InChI is InChI=1S/C11H21NO3/c1-2-7-14-8-9-15-11(13)10-5-3-4-6-12-10/h10,12H,2-9H2,1H3. The molecule has 1 rings (SSSR count). The molecule has 1 saturated heterocycles. The zero-order valence-corrected chi connectivity index (χ0v) is 9.46. The molecule has 1 unspecified atom stereocenters. The number of piperidine rings is 1. The van der Waals surface area contributed by atoms with Gasteiger partial charge in [-0.15, -0.1) is 0 Å². The maximum absolute atomic E-state index is 11.5. The van der Waals surface area contributed by atoms with Crippen molar-refractivity contribution in [2.24, 2.45) is 0 Å². The zero-order valence-electron chi connectivity index (χ0n) is 9.46. The van der Waals surface area contributed by atoms with E-state index in [9.17, 15) is 4.79 Å². The van der Waals surface area contributed by atoms with Gasteiger partial charge in [0.05, 0.1) is 6.61 Å². The summed E-state index contributed by atoms with van der Waals surface area (Å²) in [7, 11) is 0. The molecule has 4 heteroatoms. The molecule has 0 aromatic carbocycles. The molecule has 1 aliphatic heterocycles. The summed E-state index contributed by atoms with van der Waals surface area (Å²) in [4.78, 5) is 11.5. The average Bonchev–Trinajstić information content (AvgIpc) is 2.30. The summed E-state index contributed by atoms with van der Waals surface area (Å²) in [6.45, 7) is 4.59. The third kappa shape index (κ3) is 5.14. The van der Waals surface area contributed by atoms with Crippen molar-refractivity contribution in [3.63, 3.8) is 0 Å². The number of carbonyl (C=O) groups is 1. The fourth-order valence-electron chi connectivity index (χ4n) is 1.60. The number of ether oxygens (including phenoxy) is 2. The fraction of sp³-hybridized carbons (Fsp3) is 0.909. The first-order valence-electron chi connectivity index (χ1n) is 5.82. The van der Waals surface area contributed by atoms with E-state index in [0.717, 1.165) is 38.8 Å². The Morgan fingerprint density at radius 3 is 2.87 bits per heavy atom. The first-order valence-corrected chi connectivity index (χ1v) is 5.82. The van der Waals surface area contributed by atoms with Gasteiger partial charge < -0.3 is 14.8 Å². The number of esters is 1. The lowest BCUT2D eigenvalue weighted by Gasteiger charge is -2.21. The van der Waals surface area contributed by atoms with E-state index in [0.29, 0.717) is 13.2 Å². The van der Waals surface area contributed by atoms with E-state index < -0.39 is 0 Å². The third-order valence-corrected chi connectivity index (χ3v) is 2.42. The maximum atomic E-state index is 11.5. The molecule has 15 heavy (non-hydrogen) atoms. The van der Waals surface area contributed by atoms with Crippen LogP contribution in [0.1, 0.15) is 32.6 Å². The van der Waals surface area contributed by atoms with Gasteiger partial charge in [0, 0.05) is 6.61 Å². The van der Waals surface area contributed by atoms with Crippen LogP contribution in [-0.2, 0) is 14.3 Å². The summed E-state index contributed by atoms with van der Waals surface area (Å²) in [5.41, 5.74) is 0. The monoisotopic (exact) mass is 215 g/mol. The Bertz CT molecular complexity index is 179. The lowest BCUT2D eigenvalue weighted by Crippen LogP contribution is -2.41. The van der Waals surface area contributed by atoms with Crippen molar-refractivity contribution in [2.75, 3.05) is 26.4 Å². The lowest BCUT2D eigenvalue weighted by molar-refractivity contribution is -0.148. The molecule has 1 fully saturated rings. The second-order valence-corrected chi connectivity index (χ2v) is 3.78. The van der Waals surface area contributed by atoms with Crippen LogP contribution in [0.2, 0.25) is 0 Å². The highest BCUT2D eigenvalue weighted by Gasteiger charge is 2.21. The van der Waals surface area contributed by atoms with E-state index in [1.807, 2.05) is 0 Å². The van der Waals surface area contributed by atoms with Crippen molar-refractivity contribution in [3.05, 3.63) is 0 Å². The summed E-state index contributed by atoms with van der Waals surface area (Å²) >= 11 is 0. The quantitative estimate of drug-likeness (QED) is 0.532. The molecule has 1 N–H and O–H groups in total. The second kappa shape index (κ2) is 7.65.